The van der Waals surface area contributed by atoms with E-state index >= 15 is 0 Å². The molecule has 1 aliphatic heterocycles. The van der Waals surface area contributed by atoms with Gasteiger partial charge in [0.25, 0.3) is 0 Å². The second kappa shape index (κ2) is 7.14. The summed E-state index contributed by atoms with van der Waals surface area (Å²) in [6.45, 7) is 9.91. The van der Waals surface area contributed by atoms with Crippen molar-refractivity contribution in [3.05, 3.63) is 52.3 Å². The summed E-state index contributed by atoms with van der Waals surface area (Å²) in [6.07, 6.45) is 2.14. The number of aryl methyl sites for hydroxylation is 4. The van der Waals surface area contributed by atoms with Crippen LogP contribution < -0.4 is 9.64 Å². The first-order chi connectivity index (χ1) is 12.0. The lowest BCUT2D eigenvalue weighted by atomic mass is 10.0. The van der Waals surface area contributed by atoms with Gasteiger partial charge in [-0.1, -0.05) is 6.07 Å². The molecule has 0 N–H and O–H groups in total. The standard InChI is InChI=1S/C21H25N3O/c1-14-5-6-19(11-15(14)2)25-18-7-9-24(10-8-18)21-12-16(3)23-17(4)20(21)13-22/h5-6,11-12,18H,7-10H2,1-4H3. The molecule has 1 aliphatic rings. The third-order valence-corrected chi connectivity index (χ3v) is 4.98. The van der Waals surface area contributed by atoms with Crippen LogP contribution in [0.25, 0.3) is 0 Å². The number of anilines is 1. The molecule has 0 amide bonds. The lowest BCUT2D eigenvalue weighted by molar-refractivity contribution is 0.171. The number of rotatable bonds is 3. The summed E-state index contributed by atoms with van der Waals surface area (Å²) in [6, 6.07) is 10.6. The van der Waals surface area contributed by atoms with Crippen molar-refractivity contribution in [2.75, 3.05) is 18.0 Å². The van der Waals surface area contributed by atoms with Crippen LogP contribution >= 0.6 is 0 Å². The molecule has 1 saturated heterocycles. The van der Waals surface area contributed by atoms with E-state index in [1.54, 1.807) is 0 Å². The van der Waals surface area contributed by atoms with Gasteiger partial charge in [-0.15, -0.1) is 0 Å². The Hall–Kier alpha value is -2.54. The van der Waals surface area contributed by atoms with Crippen LogP contribution in [0, 0.1) is 39.0 Å². The molecule has 0 bridgehead atoms. The molecule has 2 heterocycles. The summed E-state index contributed by atoms with van der Waals surface area (Å²) in [7, 11) is 0. The second-order valence-corrected chi connectivity index (χ2v) is 6.91. The maximum Gasteiger partial charge on any atom is 0.120 e. The number of benzene rings is 1. The fourth-order valence-corrected chi connectivity index (χ4v) is 3.39. The Morgan fingerprint density at radius 2 is 1.80 bits per heavy atom. The van der Waals surface area contributed by atoms with E-state index in [1.807, 2.05) is 19.9 Å². The van der Waals surface area contributed by atoms with Crippen molar-refractivity contribution in [2.45, 2.75) is 46.6 Å². The fourth-order valence-electron chi connectivity index (χ4n) is 3.39. The molecule has 1 aromatic carbocycles. The Balaban J connectivity index is 1.68. The average Bonchev–Trinajstić information content (AvgIpc) is 2.58. The Bertz CT molecular complexity index is 815. The molecule has 0 atom stereocenters. The normalized spacial score (nSPS) is 15.1. The van der Waals surface area contributed by atoms with E-state index in [9.17, 15) is 5.26 Å². The summed E-state index contributed by atoms with van der Waals surface area (Å²) >= 11 is 0. The molecule has 4 heteroatoms. The van der Waals surface area contributed by atoms with Crippen LogP contribution in [0.3, 0.4) is 0 Å². The molecule has 25 heavy (non-hydrogen) atoms. The second-order valence-electron chi connectivity index (χ2n) is 6.91. The van der Waals surface area contributed by atoms with Gasteiger partial charge in [0.15, 0.2) is 0 Å². The minimum Gasteiger partial charge on any atom is -0.490 e. The summed E-state index contributed by atoms with van der Waals surface area (Å²) in [4.78, 5) is 6.70. The molecule has 3 rings (SSSR count). The largest absolute Gasteiger partial charge is 0.490 e. The zero-order valence-corrected chi connectivity index (χ0v) is 15.5. The molecule has 130 valence electrons. The monoisotopic (exact) mass is 335 g/mol. The van der Waals surface area contributed by atoms with Gasteiger partial charge in [-0.05, 0) is 57.0 Å². The van der Waals surface area contributed by atoms with Crippen LogP contribution in [0.15, 0.2) is 24.3 Å². The predicted molar refractivity (Wildman–Crippen MR) is 100 cm³/mol. The lowest BCUT2D eigenvalue weighted by Crippen LogP contribution is -2.38. The van der Waals surface area contributed by atoms with Crippen molar-refractivity contribution in [1.82, 2.24) is 4.98 Å². The highest BCUT2D eigenvalue weighted by molar-refractivity contribution is 5.61. The van der Waals surface area contributed by atoms with Gasteiger partial charge in [0, 0.05) is 31.6 Å². The quantitative estimate of drug-likeness (QED) is 0.842. The lowest BCUT2D eigenvalue weighted by Gasteiger charge is -2.34. The van der Waals surface area contributed by atoms with Crippen molar-refractivity contribution in [3.63, 3.8) is 0 Å². The Morgan fingerprint density at radius 3 is 2.44 bits per heavy atom. The minimum atomic E-state index is 0.230. The van der Waals surface area contributed by atoms with E-state index in [4.69, 9.17) is 4.74 Å². The smallest absolute Gasteiger partial charge is 0.120 e. The number of nitriles is 1. The first-order valence-corrected chi connectivity index (χ1v) is 8.85. The van der Waals surface area contributed by atoms with Crippen LogP contribution in [0.5, 0.6) is 5.75 Å². The molecule has 0 aliphatic carbocycles. The van der Waals surface area contributed by atoms with Gasteiger partial charge in [0.2, 0.25) is 0 Å². The fraction of sp³-hybridized carbons (Fsp3) is 0.429. The van der Waals surface area contributed by atoms with Crippen molar-refractivity contribution in [3.8, 4) is 11.8 Å². The Labute approximate surface area is 150 Å². The summed E-state index contributed by atoms with van der Waals surface area (Å²) in [5, 5.41) is 9.47. The summed E-state index contributed by atoms with van der Waals surface area (Å²) < 4.78 is 6.18. The first-order valence-electron chi connectivity index (χ1n) is 8.85. The topological polar surface area (TPSA) is 49.1 Å². The summed E-state index contributed by atoms with van der Waals surface area (Å²) in [5.41, 5.74) is 6.02. The number of nitrogens with zero attached hydrogens (tertiary/aromatic N) is 3. The van der Waals surface area contributed by atoms with Crippen molar-refractivity contribution in [1.29, 1.82) is 5.26 Å². The number of hydrogen-bond donors (Lipinski definition) is 0. The van der Waals surface area contributed by atoms with Gasteiger partial charge in [0.05, 0.1) is 16.9 Å². The molecule has 1 aromatic heterocycles. The van der Waals surface area contributed by atoms with Crippen LogP contribution in [0.1, 0.15) is 40.9 Å². The number of aromatic nitrogens is 1. The molecular weight excluding hydrogens is 310 g/mol. The Morgan fingerprint density at radius 1 is 1.08 bits per heavy atom. The van der Waals surface area contributed by atoms with Gasteiger partial charge in [-0.3, -0.25) is 4.98 Å². The maximum absolute atomic E-state index is 9.47. The number of hydrogen-bond acceptors (Lipinski definition) is 4. The van der Waals surface area contributed by atoms with Gasteiger partial charge in [-0.25, -0.2) is 0 Å². The van der Waals surface area contributed by atoms with Crippen molar-refractivity contribution < 1.29 is 4.74 Å². The van der Waals surface area contributed by atoms with Gasteiger partial charge >= 0.3 is 0 Å². The Kier molecular flexibility index (Phi) is 4.94. The summed E-state index contributed by atoms with van der Waals surface area (Å²) in [5.74, 6) is 0.954. The van der Waals surface area contributed by atoms with Crippen LogP contribution in [0.4, 0.5) is 5.69 Å². The van der Waals surface area contributed by atoms with E-state index < -0.39 is 0 Å². The molecule has 1 fully saturated rings. The minimum absolute atomic E-state index is 0.230. The molecule has 2 aromatic rings. The third kappa shape index (κ3) is 3.76. The van der Waals surface area contributed by atoms with E-state index in [0.717, 1.165) is 48.8 Å². The van der Waals surface area contributed by atoms with Crippen LogP contribution in [-0.2, 0) is 0 Å². The molecule has 0 radical (unpaired) electrons. The van der Waals surface area contributed by atoms with E-state index in [1.165, 1.54) is 11.1 Å². The van der Waals surface area contributed by atoms with Crippen LogP contribution in [0.2, 0.25) is 0 Å². The molecular formula is C21H25N3O. The molecule has 0 unspecified atom stereocenters. The number of ether oxygens (including phenoxy) is 1. The van der Waals surface area contributed by atoms with Gasteiger partial charge < -0.3 is 9.64 Å². The number of piperidine rings is 1. The average molecular weight is 335 g/mol. The maximum atomic E-state index is 9.47. The zero-order chi connectivity index (χ0) is 18.0. The van der Waals surface area contributed by atoms with Crippen LogP contribution in [-0.4, -0.2) is 24.2 Å². The van der Waals surface area contributed by atoms with Crippen molar-refractivity contribution in [2.24, 2.45) is 0 Å². The highest BCUT2D eigenvalue weighted by Gasteiger charge is 2.23. The van der Waals surface area contributed by atoms with Gasteiger partial charge in [-0.2, -0.15) is 5.26 Å². The molecule has 0 saturated carbocycles. The number of pyridine rings is 1. The van der Waals surface area contributed by atoms with E-state index in [2.05, 4.69) is 48.0 Å². The van der Waals surface area contributed by atoms with E-state index in [-0.39, 0.29) is 6.10 Å². The van der Waals surface area contributed by atoms with Crippen molar-refractivity contribution >= 4 is 5.69 Å². The molecule has 0 spiro atoms. The third-order valence-electron chi connectivity index (χ3n) is 4.98. The first kappa shape index (κ1) is 17.3. The SMILES string of the molecule is Cc1cc(N2CCC(Oc3ccc(C)c(C)c3)CC2)c(C#N)c(C)n1. The predicted octanol–water partition coefficient (Wildman–Crippen LogP) is 4.23. The van der Waals surface area contributed by atoms with Gasteiger partial charge in [0.1, 0.15) is 17.9 Å². The highest BCUT2D eigenvalue weighted by atomic mass is 16.5. The van der Waals surface area contributed by atoms with E-state index in [0.29, 0.717) is 5.56 Å². The zero-order valence-electron chi connectivity index (χ0n) is 15.5. The molecule has 4 nitrogen and oxygen atoms in total. The highest BCUT2D eigenvalue weighted by Crippen LogP contribution is 2.28.